The molecule has 0 saturated carbocycles. The fraction of sp³-hybridized carbons (Fsp3) is 0.588. The van der Waals surface area contributed by atoms with Gasteiger partial charge in [-0.15, -0.1) is 0 Å². The summed E-state index contributed by atoms with van der Waals surface area (Å²) in [4.78, 5) is 0. The van der Waals surface area contributed by atoms with E-state index in [1.54, 1.807) is 6.07 Å². The lowest BCUT2D eigenvalue weighted by Crippen LogP contribution is -2.05. The maximum Gasteiger partial charge on any atom is 0.101 e. The zero-order chi connectivity index (χ0) is 14.6. The largest absolute Gasteiger partial charge is 0.396 e. The van der Waals surface area contributed by atoms with Crippen molar-refractivity contribution in [3.8, 4) is 6.07 Å². The first-order valence-corrected chi connectivity index (χ1v) is 7.82. The lowest BCUT2D eigenvalue weighted by atomic mass is 10.1. The van der Waals surface area contributed by atoms with Crippen LogP contribution in [-0.2, 0) is 0 Å². The Hall–Kier alpha value is -1.69. The molecule has 1 aromatic carbocycles. The second kappa shape index (κ2) is 10.1. The molecule has 0 atom stereocenters. The number of nitrogens with zero attached hydrogens (tertiary/aromatic N) is 1. The SMILES string of the molecule is CCCCCCCCCCNc1cccc(C#N)c1N. The number of unbranched alkanes of at least 4 members (excludes halogenated alkanes) is 7. The quantitative estimate of drug-likeness (QED) is 0.480. The number of hydrogen-bond acceptors (Lipinski definition) is 3. The lowest BCUT2D eigenvalue weighted by Gasteiger charge is -2.10. The molecular weight excluding hydrogens is 246 g/mol. The Kier molecular flexibility index (Phi) is 8.30. The van der Waals surface area contributed by atoms with E-state index in [1.165, 1.54) is 44.9 Å². The molecule has 0 saturated heterocycles. The molecule has 0 aliphatic rings. The minimum absolute atomic E-state index is 0.547. The van der Waals surface area contributed by atoms with Gasteiger partial charge in [-0.3, -0.25) is 0 Å². The molecule has 0 spiro atoms. The van der Waals surface area contributed by atoms with E-state index in [4.69, 9.17) is 11.0 Å². The number of nitrogens with one attached hydrogen (secondary N) is 1. The summed E-state index contributed by atoms with van der Waals surface area (Å²) in [5.41, 5.74) is 7.91. The van der Waals surface area contributed by atoms with E-state index < -0.39 is 0 Å². The molecule has 110 valence electrons. The Balaban J connectivity index is 2.11. The Morgan fingerprint density at radius 2 is 1.70 bits per heavy atom. The van der Waals surface area contributed by atoms with Gasteiger partial charge in [0, 0.05) is 6.54 Å². The summed E-state index contributed by atoms with van der Waals surface area (Å²) in [5, 5.41) is 12.2. The smallest absolute Gasteiger partial charge is 0.101 e. The van der Waals surface area contributed by atoms with Gasteiger partial charge in [0.05, 0.1) is 16.9 Å². The van der Waals surface area contributed by atoms with Gasteiger partial charge >= 0.3 is 0 Å². The first-order valence-electron chi connectivity index (χ1n) is 7.82. The summed E-state index contributed by atoms with van der Waals surface area (Å²) in [6, 6.07) is 7.65. The minimum atomic E-state index is 0.547. The van der Waals surface area contributed by atoms with Crippen molar-refractivity contribution in [1.29, 1.82) is 5.26 Å². The summed E-state index contributed by atoms with van der Waals surface area (Å²) in [5.74, 6) is 0. The van der Waals surface area contributed by atoms with Crippen molar-refractivity contribution in [2.45, 2.75) is 58.3 Å². The number of para-hydroxylation sites is 1. The predicted octanol–water partition coefficient (Wildman–Crippen LogP) is 4.69. The van der Waals surface area contributed by atoms with Crippen LogP contribution in [-0.4, -0.2) is 6.54 Å². The maximum atomic E-state index is 8.92. The van der Waals surface area contributed by atoms with Gasteiger partial charge in [0.1, 0.15) is 6.07 Å². The molecule has 0 aliphatic carbocycles. The number of anilines is 2. The van der Waals surface area contributed by atoms with Gasteiger partial charge in [-0.25, -0.2) is 0 Å². The van der Waals surface area contributed by atoms with E-state index in [-0.39, 0.29) is 0 Å². The van der Waals surface area contributed by atoms with E-state index >= 15 is 0 Å². The van der Waals surface area contributed by atoms with Gasteiger partial charge < -0.3 is 11.1 Å². The van der Waals surface area contributed by atoms with Crippen LogP contribution in [0.4, 0.5) is 11.4 Å². The third-order valence-electron chi connectivity index (χ3n) is 3.57. The van der Waals surface area contributed by atoms with Crippen molar-refractivity contribution in [2.75, 3.05) is 17.6 Å². The Bertz CT molecular complexity index is 421. The van der Waals surface area contributed by atoms with E-state index in [1.807, 2.05) is 12.1 Å². The molecule has 1 aromatic rings. The second-order valence-corrected chi connectivity index (χ2v) is 5.28. The van der Waals surface area contributed by atoms with Crippen LogP contribution in [0.2, 0.25) is 0 Å². The number of rotatable bonds is 10. The summed E-state index contributed by atoms with van der Waals surface area (Å²) in [7, 11) is 0. The molecule has 3 heteroatoms. The predicted molar refractivity (Wildman–Crippen MR) is 86.7 cm³/mol. The molecule has 0 aromatic heterocycles. The van der Waals surface area contributed by atoms with Gasteiger partial charge in [0.15, 0.2) is 0 Å². The van der Waals surface area contributed by atoms with Crippen molar-refractivity contribution < 1.29 is 0 Å². The zero-order valence-electron chi connectivity index (χ0n) is 12.6. The van der Waals surface area contributed by atoms with Crippen LogP contribution in [0.1, 0.15) is 63.9 Å². The third kappa shape index (κ3) is 5.97. The van der Waals surface area contributed by atoms with Gasteiger partial charge in [-0.2, -0.15) is 5.26 Å². The van der Waals surface area contributed by atoms with E-state index in [2.05, 4.69) is 18.3 Å². The molecule has 3 nitrogen and oxygen atoms in total. The van der Waals surface area contributed by atoms with Gasteiger partial charge in [-0.05, 0) is 18.6 Å². The van der Waals surface area contributed by atoms with E-state index in [0.717, 1.165) is 18.7 Å². The minimum Gasteiger partial charge on any atom is -0.396 e. The number of nitrogen functional groups attached to an aromatic ring is 1. The van der Waals surface area contributed by atoms with Crippen molar-refractivity contribution >= 4 is 11.4 Å². The average Bonchev–Trinajstić information content (AvgIpc) is 2.47. The Morgan fingerprint density at radius 3 is 2.35 bits per heavy atom. The fourth-order valence-corrected chi connectivity index (χ4v) is 2.30. The Morgan fingerprint density at radius 1 is 1.05 bits per heavy atom. The summed E-state index contributed by atoms with van der Waals surface area (Å²) >= 11 is 0. The summed E-state index contributed by atoms with van der Waals surface area (Å²) in [6.07, 6.45) is 10.5. The fourth-order valence-electron chi connectivity index (χ4n) is 2.30. The van der Waals surface area contributed by atoms with Crippen molar-refractivity contribution in [3.05, 3.63) is 23.8 Å². The van der Waals surface area contributed by atoms with Crippen molar-refractivity contribution in [2.24, 2.45) is 0 Å². The normalized spacial score (nSPS) is 10.2. The molecule has 3 N–H and O–H groups in total. The number of hydrogen-bond donors (Lipinski definition) is 2. The third-order valence-corrected chi connectivity index (χ3v) is 3.57. The van der Waals surface area contributed by atoms with Gasteiger partial charge in [0.25, 0.3) is 0 Å². The molecule has 0 aliphatic heterocycles. The number of benzene rings is 1. The van der Waals surface area contributed by atoms with Crippen molar-refractivity contribution in [1.82, 2.24) is 0 Å². The molecule has 1 rings (SSSR count). The first kappa shape index (κ1) is 16.4. The molecule has 0 fully saturated rings. The average molecular weight is 273 g/mol. The van der Waals surface area contributed by atoms with E-state index in [9.17, 15) is 0 Å². The van der Waals surface area contributed by atoms with Gasteiger partial charge in [-0.1, -0.05) is 57.9 Å². The highest BCUT2D eigenvalue weighted by atomic mass is 14.9. The van der Waals surface area contributed by atoms with E-state index in [0.29, 0.717) is 11.3 Å². The summed E-state index contributed by atoms with van der Waals surface area (Å²) in [6.45, 7) is 3.17. The maximum absolute atomic E-state index is 8.92. The highest BCUT2D eigenvalue weighted by Crippen LogP contribution is 2.21. The number of nitriles is 1. The van der Waals surface area contributed by atoms with Gasteiger partial charge in [0.2, 0.25) is 0 Å². The molecule has 0 amide bonds. The first-order chi connectivity index (χ1) is 9.79. The topological polar surface area (TPSA) is 61.8 Å². The number of nitrogens with two attached hydrogens (primary N) is 1. The van der Waals surface area contributed by atoms with Crippen LogP contribution in [0.25, 0.3) is 0 Å². The molecule has 0 bridgehead atoms. The highest BCUT2D eigenvalue weighted by molar-refractivity contribution is 5.72. The van der Waals surface area contributed by atoms with Crippen LogP contribution < -0.4 is 11.1 Å². The van der Waals surface area contributed by atoms with Crippen LogP contribution in [0.5, 0.6) is 0 Å². The van der Waals surface area contributed by atoms with Crippen molar-refractivity contribution in [3.63, 3.8) is 0 Å². The molecule has 0 radical (unpaired) electrons. The second-order valence-electron chi connectivity index (χ2n) is 5.28. The zero-order valence-corrected chi connectivity index (χ0v) is 12.6. The van der Waals surface area contributed by atoms with Crippen LogP contribution >= 0.6 is 0 Å². The molecule has 0 unspecified atom stereocenters. The Labute approximate surface area is 123 Å². The standard InChI is InChI=1S/C17H27N3/c1-2-3-4-5-6-7-8-9-13-20-16-12-10-11-15(14-18)17(16)19/h10-12,20H,2-9,13,19H2,1H3. The molecule has 20 heavy (non-hydrogen) atoms. The highest BCUT2D eigenvalue weighted by Gasteiger charge is 2.02. The van der Waals surface area contributed by atoms with Crippen LogP contribution in [0.15, 0.2) is 18.2 Å². The molecule has 0 heterocycles. The molecular formula is C17H27N3. The van der Waals surface area contributed by atoms with Crippen LogP contribution in [0, 0.1) is 11.3 Å². The summed E-state index contributed by atoms with van der Waals surface area (Å²) < 4.78 is 0. The van der Waals surface area contributed by atoms with Crippen LogP contribution in [0.3, 0.4) is 0 Å². The monoisotopic (exact) mass is 273 g/mol. The lowest BCUT2D eigenvalue weighted by molar-refractivity contribution is 0.581.